The van der Waals surface area contributed by atoms with Crippen molar-refractivity contribution in [2.24, 2.45) is 11.8 Å². The summed E-state index contributed by atoms with van der Waals surface area (Å²) in [6.07, 6.45) is 6.89. The van der Waals surface area contributed by atoms with Crippen LogP contribution in [-0.4, -0.2) is 39.7 Å². The molecule has 0 spiro atoms. The van der Waals surface area contributed by atoms with Crippen LogP contribution in [0.3, 0.4) is 0 Å². The van der Waals surface area contributed by atoms with Gasteiger partial charge in [0.1, 0.15) is 4.90 Å². The van der Waals surface area contributed by atoms with Crippen molar-refractivity contribution in [3.8, 4) is 5.69 Å². The summed E-state index contributed by atoms with van der Waals surface area (Å²) in [5.74, 6) is 0.859. The van der Waals surface area contributed by atoms with E-state index in [-0.39, 0.29) is 9.79 Å². The summed E-state index contributed by atoms with van der Waals surface area (Å²) >= 11 is 0. The standard InChI is InChI=1S/C18H24N4O4S2/c1-13-2-7-16(8-18(13)28(25,26)21-10-15-5-6-15)22-12-17(11-19-22)27(23,24)20-9-14-3-4-14/h2,7-8,11-12,14-15,20-21H,3-6,9-10H2,1H3. The molecule has 0 radical (unpaired) electrons. The molecule has 0 saturated heterocycles. The molecule has 8 nitrogen and oxygen atoms in total. The summed E-state index contributed by atoms with van der Waals surface area (Å²) in [6, 6.07) is 4.93. The molecule has 0 bridgehead atoms. The number of nitrogens with zero attached hydrogens (tertiary/aromatic N) is 2. The number of hydrogen-bond donors (Lipinski definition) is 2. The van der Waals surface area contributed by atoms with E-state index in [9.17, 15) is 16.8 Å². The zero-order chi connectivity index (χ0) is 19.9. The molecule has 2 saturated carbocycles. The summed E-state index contributed by atoms with van der Waals surface area (Å²) in [5.41, 5.74) is 1.11. The molecule has 1 aromatic heterocycles. The monoisotopic (exact) mass is 424 g/mol. The molecule has 2 N–H and O–H groups in total. The van der Waals surface area contributed by atoms with Crippen LogP contribution < -0.4 is 9.44 Å². The predicted molar refractivity (Wildman–Crippen MR) is 104 cm³/mol. The van der Waals surface area contributed by atoms with Gasteiger partial charge in [-0.2, -0.15) is 5.10 Å². The molecule has 1 heterocycles. The molecule has 2 fully saturated rings. The van der Waals surface area contributed by atoms with Crippen molar-refractivity contribution in [1.82, 2.24) is 19.2 Å². The van der Waals surface area contributed by atoms with E-state index in [1.165, 1.54) is 23.1 Å². The van der Waals surface area contributed by atoms with E-state index in [4.69, 9.17) is 0 Å². The van der Waals surface area contributed by atoms with Gasteiger partial charge in [-0.1, -0.05) is 6.07 Å². The summed E-state index contributed by atoms with van der Waals surface area (Å²) < 4.78 is 56.7. The first-order valence-corrected chi connectivity index (χ1v) is 12.4. The lowest BCUT2D eigenvalue weighted by atomic mass is 10.2. The fourth-order valence-corrected chi connectivity index (χ4v) is 5.29. The Kier molecular flexibility index (Phi) is 5.07. The van der Waals surface area contributed by atoms with Crippen molar-refractivity contribution in [3.05, 3.63) is 36.2 Å². The second-order valence-electron chi connectivity index (χ2n) is 7.66. The summed E-state index contributed by atoms with van der Waals surface area (Å²) in [7, 11) is -7.26. The van der Waals surface area contributed by atoms with Crippen molar-refractivity contribution >= 4 is 20.0 Å². The average molecular weight is 425 g/mol. The van der Waals surface area contributed by atoms with Crippen LogP contribution >= 0.6 is 0 Å². The SMILES string of the molecule is Cc1ccc(-n2cc(S(=O)(=O)NCC3CC3)cn2)cc1S(=O)(=O)NCC1CC1. The second-order valence-corrected chi connectivity index (χ2v) is 11.2. The van der Waals surface area contributed by atoms with E-state index in [1.54, 1.807) is 19.1 Å². The molecule has 152 valence electrons. The van der Waals surface area contributed by atoms with Crippen molar-refractivity contribution in [1.29, 1.82) is 0 Å². The van der Waals surface area contributed by atoms with Gasteiger partial charge in [0.05, 0.1) is 23.0 Å². The van der Waals surface area contributed by atoms with Crippen LogP contribution in [0, 0.1) is 18.8 Å². The minimum absolute atomic E-state index is 0.0602. The highest BCUT2D eigenvalue weighted by Crippen LogP contribution is 2.29. The Morgan fingerprint density at radius 2 is 1.61 bits per heavy atom. The average Bonchev–Trinajstić information content (AvgIpc) is 3.58. The van der Waals surface area contributed by atoms with Crippen LogP contribution in [0.5, 0.6) is 0 Å². The fraction of sp³-hybridized carbons (Fsp3) is 0.500. The maximum atomic E-state index is 12.6. The minimum atomic E-state index is -3.63. The van der Waals surface area contributed by atoms with Gasteiger partial charge >= 0.3 is 0 Å². The van der Waals surface area contributed by atoms with Crippen LogP contribution in [0.15, 0.2) is 40.4 Å². The maximum absolute atomic E-state index is 12.6. The van der Waals surface area contributed by atoms with Gasteiger partial charge in [-0.25, -0.2) is 31.0 Å². The number of aryl methyl sites for hydroxylation is 1. The number of benzene rings is 1. The first-order chi connectivity index (χ1) is 13.2. The van der Waals surface area contributed by atoms with Gasteiger partial charge in [0.25, 0.3) is 0 Å². The van der Waals surface area contributed by atoms with Crippen molar-refractivity contribution in [2.45, 2.75) is 42.4 Å². The van der Waals surface area contributed by atoms with Crippen LogP contribution in [0.1, 0.15) is 31.2 Å². The van der Waals surface area contributed by atoms with E-state index < -0.39 is 20.0 Å². The Labute approximate surface area is 165 Å². The molecular weight excluding hydrogens is 400 g/mol. The third-order valence-corrected chi connectivity index (χ3v) is 8.06. The number of hydrogen-bond acceptors (Lipinski definition) is 5. The predicted octanol–water partition coefficient (Wildman–Crippen LogP) is 1.56. The zero-order valence-electron chi connectivity index (χ0n) is 15.6. The molecule has 0 atom stereocenters. The minimum Gasteiger partial charge on any atom is -0.240 e. The largest absolute Gasteiger partial charge is 0.243 e. The lowest BCUT2D eigenvalue weighted by molar-refractivity contribution is 0.575. The molecule has 2 aliphatic carbocycles. The third kappa shape index (κ3) is 4.45. The highest BCUT2D eigenvalue weighted by Gasteiger charge is 2.26. The Balaban J connectivity index is 1.56. The summed E-state index contributed by atoms with van der Waals surface area (Å²) in [5, 5.41) is 4.11. The van der Waals surface area contributed by atoms with E-state index in [2.05, 4.69) is 14.5 Å². The van der Waals surface area contributed by atoms with E-state index in [0.717, 1.165) is 25.7 Å². The second kappa shape index (κ2) is 7.25. The molecule has 0 unspecified atom stereocenters. The molecule has 0 aliphatic heterocycles. The maximum Gasteiger partial charge on any atom is 0.243 e. The van der Waals surface area contributed by atoms with Crippen LogP contribution in [0.25, 0.3) is 5.69 Å². The Hall–Kier alpha value is -1.75. The first-order valence-electron chi connectivity index (χ1n) is 9.40. The lowest BCUT2D eigenvalue weighted by Crippen LogP contribution is -2.26. The van der Waals surface area contributed by atoms with Gasteiger partial charge < -0.3 is 0 Å². The van der Waals surface area contributed by atoms with Gasteiger partial charge in [-0.05, 0) is 62.1 Å². The number of rotatable bonds is 9. The molecule has 1 aromatic carbocycles. The summed E-state index contributed by atoms with van der Waals surface area (Å²) in [4.78, 5) is 0.238. The van der Waals surface area contributed by atoms with Gasteiger partial charge in [0.2, 0.25) is 20.0 Å². The van der Waals surface area contributed by atoms with Gasteiger partial charge in [0.15, 0.2) is 0 Å². The molecule has 28 heavy (non-hydrogen) atoms. The van der Waals surface area contributed by atoms with E-state index >= 15 is 0 Å². The number of sulfonamides is 2. The lowest BCUT2D eigenvalue weighted by Gasteiger charge is -2.11. The number of nitrogens with one attached hydrogen (secondary N) is 2. The number of aromatic nitrogens is 2. The Morgan fingerprint density at radius 3 is 2.21 bits per heavy atom. The molecule has 10 heteroatoms. The van der Waals surface area contributed by atoms with Crippen LogP contribution in [0.2, 0.25) is 0 Å². The molecular formula is C18H24N4O4S2. The smallest absolute Gasteiger partial charge is 0.240 e. The van der Waals surface area contributed by atoms with Crippen LogP contribution in [-0.2, 0) is 20.0 Å². The van der Waals surface area contributed by atoms with Gasteiger partial charge in [0, 0.05) is 13.1 Å². The Morgan fingerprint density at radius 1 is 1.00 bits per heavy atom. The molecule has 2 aliphatic rings. The van der Waals surface area contributed by atoms with Crippen LogP contribution in [0.4, 0.5) is 0 Å². The topological polar surface area (TPSA) is 110 Å². The quantitative estimate of drug-likeness (QED) is 0.635. The Bertz CT molecular complexity index is 1080. The highest BCUT2D eigenvalue weighted by atomic mass is 32.2. The zero-order valence-corrected chi connectivity index (χ0v) is 17.3. The highest BCUT2D eigenvalue weighted by molar-refractivity contribution is 7.89. The van der Waals surface area contributed by atoms with Gasteiger partial charge in [-0.15, -0.1) is 0 Å². The van der Waals surface area contributed by atoms with Crippen molar-refractivity contribution in [2.75, 3.05) is 13.1 Å². The normalized spacial score (nSPS) is 17.8. The fourth-order valence-electron chi connectivity index (χ4n) is 2.87. The van der Waals surface area contributed by atoms with E-state index in [1.807, 2.05) is 0 Å². The van der Waals surface area contributed by atoms with Crippen molar-refractivity contribution in [3.63, 3.8) is 0 Å². The molecule has 0 amide bonds. The summed E-state index contributed by atoms with van der Waals surface area (Å²) in [6.45, 7) is 2.62. The van der Waals surface area contributed by atoms with E-state index in [0.29, 0.717) is 36.2 Å². The van der Waals surface area contributed by atoms with Gasteiger partial charge in [-0.3, -0.25) is 0 Å². The molecule has 4 rings (SSSR count). The first kappa shape index (κ1) is 19.6. The van der Waals surface area contributed by atoms with Crippen molar-refractivity contribution < 1.29 is 16.8 Å². The molecule has 2 aromatic rings. The third-order valence-electron chi connectivity index (χ3n) is 5.11.